The molecule has 4 heterocycles. The minimum atomic E-state index is 0.338. The molecular weight excluding hydrogens is 414 g/mol. The van der Waals surface area contributed by atoms with Crippen LogP contribution in [0.25, 0.3) is 11.0 Å². The van der Waals surface area contributed by atoms with Crippen LogP contribution in [0.4, 0.5) is 17.3 Å². The van der Waals surface area contributed by atoms with Crippen LogP contribution in [0.1, 0.15) is 0 Å². The molecule has 1 aliphatic rings. The number of piperazine rings is 1. The second kappa shape index (κ2) is 8.71. The summed E-state index contributed by atoms with van der Waals surface area (Å²) in [6.45, 7) is 3.71. The number of ether oxygens (including phenoxy) is 1. The minimum Gasteiger partial charge on any atom is -0.438 e. The quantitative estimate of drug-likeness (QED) is 0.488. The summed E-state index contributed by atoms with van der Waals surface area (Å²) in [6, 6.07) is 15.1. The number of hydrogen-bond donors (Lipinski definition) is 2. The predicted octanol–water partition coefficient (Wildman–Crippen LogP) is 4.02. The first kappa shape index (κ1) is 19.5. The number of aromatic nitrogens is 4. The molecule has 0 amide bonds. The number of fused-ring (bicyclic) bond motifs is 1. The van der Waals surface area contributed by atoms with E-state index in [9.17, 15) is 0 Å². The van der Waals surface area contributed by atoms with Gasteiger partial charge in [-0.05, 0) is 30.3 Å². The smallest absolute Gasteiger partial charge is 0.238 e. The van der Waals surface area contributed by atoms with Gasteiger partial charge in [0, 0.05) is 26.2 Å². The summed E-state index contributed by atoms with van der Waals surface area (Å²) < 4.78 is 5.75. The molecule has 0 aliphatic carbocycles. The molecule has 0 spiro atoms. The van der Waals surface area contributed by atoms with Gasteiger partial charge in [-0.3, -0.25) is 0 Å². The average molecular weight is 434 g/mol. The van der Waals surface area contributed by atoms with Crippen molar-refractivity contribution >= 4 is 40.0 Å². The third-order valence-corrected chi connectivity index (χ3v) is 5.21. The van der Waals surface area contributed by atoms with Crippen molar-refractivity contribution in [2.24, 2.45) is 0 Å². The zero-order valence-corrected chi connectivity index (χ0v) is 17.4. The molecule has 0 atom stereocenters. The molecule has 8 nitrogen and oxygen atoms in total. The standard InChI is InChI=1S/C22H20ClN7O/c23-17-12-15(13-25-22(17)31-16-4-2-1-3-5-16)28-21-20-18(26-14-27-21)6-7-19(29-20)30-10-8-24-9-11-30/h1-7,12-14,24H,8-11H2,(H,26,27,28). The van der Waals surface area contributed by atoms with E-state index in [4.69, 9.17) is 21.3 Å². The Morgan fingerprint density at radius 3 is 2.65 bits per heavy atom. The Bertz CT molecular complexity index is 1200. The Morgan fingerprint density at radius 1 is 1.00 bits per heavy atom. The van der Waals surface area contributed by atoms with Crippen LogP contribution in [-0.4, -0.2) is 46.1 Å². The minimum absolute atomic E-state index is 0.338. The Hall–Kier alpha value is -3.49. The van der Waals surface area contributed by atoms with E-state index < -0.39 is 0 Å². The van der Waals surface area contributed by atoms with Gasteiger partial charge < -0.3 is 20.3 Å². The summed E-state index contributed by atoms with van der Waals surface area (Å²) in [5, 5.41) is 7.01. The number of halogens is 1. The highest BCUT2D eigenvalue weighted by molar-refractivity contribution is 6.32. The van der Waals surface area contributed by atoms with Gasteiger partial charge in [0.2, 0.25) is 5.88 Å². The fourth-order valence-electron chi connectivity index (χ4n) is 3.40. The first-order chi connectivity index (χ1) is 15.3. The molecule has 1 aliphatic heterocycles. The van der Waals surface area contributed by atoms with Crippen LogP contribution in [-0.2, 0) is 0 Å². The number of pyridine rings is 2. The number of nitrogens with zero attached hydrogens (tertiary/aromatic N) is 5. The number of para-hydroxylation sites is 1. The Balaban J connectivity index is 1.41. The third kappa shape index (κ3) is 4.35. The summed E-state index contributed by atoms with van der Waals surface area (Å²) in [7, 11) is 0. The van der Waals surface area contributed by atoms with Crippen molar-refractivity contribution < 1.29 is 4.74 Å². The maximum atomic E-state index is 6.40. The van der Waals surface area contributed by atoms with Crippen molar-refractivity contribution in [1.29, 1.82) is 0 Å². The molecule has 0 saturated carbocycles. The van der Waals surface area contributed by atoms with Crippen molar-refractivity contribution in [3.63, 3.8) is 0 Å². The average Bonchev–Trinajstić information content (AvgIpc) is 2.82. The summed E-state index contributed by atoms with van der Waals surface area (Å²) in [5.74, 6) is 2.51. The van der Waals surface area contributed by atoms with Crippen LogP contribution in [0.15, 0.2) is 61.1 Å². The highest BCUT2D eigenvalue weighted by Gasteiger charge is 2.15. The van der Waals surface area contributed by atoms with Crippen LogP contribution in [0.3, 0.4) is 0 Å². The topological polar surface area (TPSA) is 88.1 Å². The summed E-state index contributed by atoms with van der Waals surface area (Å²) in [4.78, 5) is 20.2. The van der Waals surface area contributed by atoms with Crippen LogP contribution < -0.4 is 20.3 Å². The third-order valence-electron chi connectivity index (χ3n) is 4.94. The van der Waals surface area contributed by atoms with Gasteiger partial charge in [0.1, 0.15) is 28.4 Å². The molecule has 1 fully saturated rings. The molecular formula is C22H20ClN7O. The molecule has 0 unspecified atom stereocenters. The number of nitrogens with one attached hydrogen (secondary N) is 2. The molecule has 4 aromatic rings. The van der Waals surface area contributed by atoms with Crippen LogP contribution >= 0.6 is 11.6 Å². The van der Waals surface area contributed by atoms with Crippen molar-refractivity contribution in [3.8, 4) is 11.6 Å². The molecule has 9 heteroatoms. The molecule has 1 saturated heterocycles. The van der Waals surface area contributed by atoms with Gasteiger partial charge >= 0.3 is 0 Å². The SMILES string of the molecule is Clc1cc(Nc2ncnc3ccc(N4CCNCC4)nc23)cnc1Oc1ccccc1. The lowest BCUT2D eigenvalue weighted by atomic mass is 10.3. The van der Waals surface area contributed by atoms with Gasteiger partial charge in [-0.1, -0.05) is 29.8 Å². The van der Waals surface area contributed by atoms with E-state index in [-0.39, 0.29) is 0 Å². The fraction of sp³-hybridized carbons (Fsp3) is 0.182. The number of hydrogen-bond acceptors (Lipinski definition) is 8. The van der Waals surface area contributed by atoms with Gasteiger partial charge in [-0.15, -0.1) is 0 Å². The van der Waals surface area contributed by atoms with E-state index in [1.54, 1.807) is 12.3 Å². The summed E-state index contributed by atoms with van der Waals surface area (Å²) in [5.41, 5.74) is 2.14. The highest BCUT2D eigenvalue weighted by atomic mass is 35.5. The van der Waals surface area contributed by atoms with E-state index in [0.717, 1.165) is 37.5 Å². The van der Waals surface area contributed by atoms with Gasteiger partial charge in [-0.25, -0.2) is 19.9 Å². The van der Waals surface area contributed by atoms with Gasteiger partial charge in [0.15, 0.2) is 5.82 Å². The zero-order chi connectivity index (χ0) is 21.0. The monoisotopic (exact) mass is 433 g/mol. The maximum absolute atomic E-state index is 6.40. The van der Waals surface area contributed by atoms with E-state index in [1.807, 2.05) is 42.5 Å². The zero-order valence-electron chi connectivity index (χ0n) is 16.6. The fourth-order valence-corrected chi connectivity index (χ4v) is 3.60. The van der Waals surface area contributed by atoms with Gasteiger partial charge in [0.25, 0.3) is 0 Å². The lowest BCUT2D eigenvalue weighted by Gasteiger charge is -2.28. The van der Waals surface area contributed by atoms with Crippen molar-refractivity contribution in [2.45, 2.75) is 0 Å². The summed E-state index contributed by atoms with van der Waals surface area (Å²) in [6.07, 6.45) is 3.16. The van der Waals surface area contributed by atoms with Gasteiger partial charge in [0.05, 0.1) is 17.4 Å². The molecule has 156 valence electrons. The van der Waals surface area contributed by atoms with Crippen molar-refractivity contribution in [3.05, 3.63) is 66.1 Å². The Morgan fingerprint density at radius 2 is 1.84 bits per heavy atom. The van der Waals surface area contributed by atoms with Crippen molar-refractivity contribution in [1.82, 2.24) is 25.3 Å². The number of anilines is 3. The Kier molecular flexibility index (Phi) is 5.47. The lowest BCUT2D eigenvalue weighted by molar-refractivity contribution is 0.463. The molecule has 1 aromatic carbocycles. The molecule has 31 heavy (non-hydrogen) atoms. The Labute approximate surface area is 184 Å². The lowest BCUT2D eigenvalue weighted by Crippen LogP contribution is -2.43. The molecule has 0 bridgehead atoms. The second-order valence-electron chi connectivity index (χ2n) is 7.05. The number of rotatable bonds is 5. The predicted molar refractivity (Wildman–Crippen MR) is 121 cm³/mol. The van der Waals surface area contributed by atoms with Crippen molar-refractivity contribution in [2.75, 3.05) is 36.4 Å². The van der Waals surface area contributed by atoms with Gasteiger partial charge in [-0.2, -0.15) is 0 Å². The van der Waals surface area contributed by atoms with E-state index in [0.29, 0.717) is 33.7 Å². The largest absolute Gasteiger partial charge is 0.438 e. The molecule has 0 radical (unpaired) electrons. The number of benzene rings is 1. The van der Waals surface area contributed by atoms with E-state index in [1.165, 1.54) is 6.33 Å². The maximum Gasteiger partial charge on any atom is 0.238 e. The first-order valence-electron chi connectivity index (χ1n) is 9.99. The van der Waals surface area contributed by atoms with Crippen LogP contribution in [0, 0.1) is 0 Å². The summed E-state index contributed by atoms with van der Waals surface area (Å²) >= 11 is 6.40. The normalized spacial score (nSPS) is 13.9. The van der Waals surface area contributed by atoms with E-state index >= 15 is 0 Å². The molecule has 5 rings (SSSR count). The van der Waals surface area contributed by atoms with Crippen LogP contribution in [0.5, 0.6) is 11.6 Å². The molecule has 2 N–H and O–H groups in total. The highest BCUT2D eigenvalue weighted by Crippen LogP contribution is 2.31. The molecule has 3 aromatic heterocycles. The van der Waals surface area contributed by atoms with E-state index in [2.05, 4.69) is 30.5 Å². The first-order valence-corrected chi connectivity index (χ1v) is 10.4. The second-order valence-corrected chi connectivity index (χ2v) is 7.45. The van der Waals surface area contributed by atoms with Crippen LogP contribution in [0.2, 0.25) is 5.02 Å².